The molecule has 76 valence electrons. The van der Waals surface area contributed by atoms with Gasteiger partial charge in [-0.15, -0.1) is 0 Å². The third-order valence-corrected chi connectivity index (χ3v) is 2.91. The number of fused-ring (bicyclic) bond motifs is 1. The molecule has 0 unspecified atom stereocenters. The van der Waals surface area contributed by atoms with E-state index in [1.807, 2.05) is 0 Å². The quantitative estimate of drug-likeness (QED) is 0.667. The van der Waals surface area contributed by atoms with E-state index in [4.69, 9.17) is 0 Å². The normalized spacial score (nSPS) is 14.4. The third-order valence-electron chi connectivity index (χ3n) is 2.91. The Morgan fingerprint density at radius 3 is 2.50 bits per heavy atom. The number of rotatable bonds is 2. The highest BCUT2D eigenvalue weighted by Crippen LogP contribution is 2.30. The fraction of sp³-hybridized carbons (Fsp3) is 0.538. The Kier molecular flexibility index (Phi) is 2.26. The predicted octanol–water partition coefficient (Wildman–Crippen LogP) is 3.76. The topological polar surface area (TPSA) is 4.93 Å². The summed E-state index contributed by atoms with van der Waals surface area (Å²) in [6.07, 6.45) is 5.64. The second-order valence-electron chi connectivity index (χ2n) is 4.70. The van der Waals surface area contributed by atoms with Crippen molar-refractivity contribution in [2.45, 2.75) is 46.1 Å². The lowest BCUT2D eigenvalue weighted by atomic mass is 10.1. The first-order valence-electron chi connectivity index (χ1n) is 5.51. The van der Waals surface area contributed by atoms with Crippen molar-refractivity contribution in [3.63, 3.8) is 0 Å². The van der Waals surface area contributed by atoms with Crippen molar-refractivity contribution in [3.05, 3.63) is 29.1 Å². The fourth-order valence-electron chi connectivity index (χ4n) is 2.29. The Bertz CT molecular complexity index is 367. The molecule has 1 nitrogen and oxygen atoms in total. The lowest BCUT2D eigenvalue weighted by Crippen LogP contribution is -2.08. The Morgan fingerprint density at radius 1 is 1.21 bits per heavy atom. The van der Waals surface area contributed by atoms with E-state index in [-0.39, 0.29) is 0 Å². The monoisotopic (exact) mass is 189 g/mol. The number of hydrogen-bond donors (Lipinski definition) is 0. The molecule has 1 aliphatic carbocycles. The number of hydrogen-bond acceptors (Lipinski definition) is 0. The summed E-state index contributed by atoms with van der Waals surface area (Å²) in [5.74, 6) is 0.622. The first-order valence-corrected chi connectivity index (χ1v) is 5.51. The maximum absolute atomic E-state index is 2.48. The van der Waals surface area contributed by atoms with E-state index >= 15 is 0 Å². The van der Waals surface area contributed by atoms with Gasteiger partial charge in [0.25, 0.3) is 0 Å². The molecule has 0 bridgehead atoms. The molecule has 1 aromatic rings. The van der Waals surface area contributed by atoms with Gasteiger partial charge in [0.2, 0.25) is 0 Å². The molecule has 1 heteroatoms. The van der Waals surface area contributed by atoms with Gasteiger partial charge >= 0.3 is 0 Å². The molecule has 0 atom stereocenters. The van der Waals surface area contributed by atoms with Gasteiger partial charge in [-0.05, 0) is 43.9 Å². The van der Waals surface area contributed by atoms with Crippen LogP contribution in [0.25, 0.3) is 6.08 Å². The third kappa shape index (κ3) is 1.31. The van der Waals surface area contributed by atoms with Crippen molar-refractivity contribution in [1.29, 1.82) is 0 Å². The Balaban J connectivity index is 2.57. The lowest BCUT2D eigenvalue weighted by Gasteiger charge is -2.17. The van der Waals surface area contributed by atoms with Gasteiger partial charge in [-0.1, -0.05) is 19.9 Å². The van der Waals surface area contributed by atoms with Crippen LogP contribution in [0.3, 0.4) is 0 Å². The smallest absolute Gasteiger partial charge is 0.0444 e. The molecule has 0 aromatic carbocycles. The molecule has 1 aromatic heterocycles. The van der Waals surface area contributed by atoms with Crippen LogP contribution in [-0.2, 0) is 6.42 Å². The van der Waals surface area contributed by atoms with Gasteiger partial charge in [0, 0.05) is 17.4 Å². The van der Waals surface area contributed by atoms with Crippen LogP contribution in [0.2, 0.25) is 0 Å². The molecule has 0 fully saturated rings. The van der Waals surface area contributed by atoms with Crippen molar-refractivity contribution >= 4 is 6.08 Å². The maximum atomic E-state index is 2.48. The molecule has 14 heavy (non-hydrogen) atoms. The molecule has 0 saturated carbocycles. The number of allylic oxidation sites excluding steroid dienone is 1. The van der Waals surface area contributed by atoms with E-state index in [1.165, 1.54) is 17.0 Å². The van der Waals surface area contributed by atoms with Crippen LogP contribution in [0.1, 0.15) is 56.6 Å². The van der Waals surface area contributed by atoms with Crippen molar-refractivity contribution in [3.8, 4) is 0 Å². The molecule has 0 amide bonds. The second-order valence-corrected chi connectivity index (χ2v) is 4.70. The van der Waals surface area contributed by atoms with E-state index in [0.29, 0.717) is 12.0 Å². The Hall–Kier alpha value is -0.980. The molecule has 1 heterocycles. The largest absolute Gasteiger partial charge is 0.342 e. The van der Waals surface area contributed by atoms with Gasteiger partial charge in [0.1, 0.15) is 0 Å². The summed E-state index contributed by atoms with van der Waals surface area (Å²) in [5.41, 5.74) is 4.42. The molecule has 0 aliphatic heterocycles. The maximum Gasteiger partial charge on any atom is 0.0444 e. The average molecular weight is 189 g/mol. The summed E-state index contributed by atoms with van der Waals surface area (Å²) in [6, 6.07) is 2.94. The van der Waals surface area contributed by atoms with Crippen molar-refractivity contribution in [2.24, 2.45) is 0 Å². The van der Waals surface area contributed by atoms with Gasteiger partial charge in [0.05, 0.1) is 0 Å². The van der Waals surface area contributed by atoms with E-state index in [2.05, 4.69) is 50.5 Å². The molecule has 0 N–H and O–H groups in total. The van der Waals surface area contributed by atoms with Crippen molar-refractivity contribution in [2.75, 3.05) is 0 Å². The predicted molar refractivity (Wildman–Crippen MR) is 61.6 cm³/mol. The van der Waals surface area contributed by atoms with Crippen LogP contribution >= 0.6 is 0 Å². The van der Waals surface area contributed by atoms with Gasteiger partial charge < -0.3 is 4.57 Å². The summed E-state index contributed by atoms with van der Waals surface area (Å²) >= 11 is 0. The first-order chi connectivity index (χ1) is 6.61. The molecular formula is C13H19N. The van der Waals surface area contributed by atoms with Crippen LogP contribution in [0, 0.1) is 0 Å². The van der Waals surface area contributed by atoms with Gasteiger partial charge in [0.15, 0.2) is 0 Å². The van der Waals surface area contributed by atoms with E-state index in [9.17, 15) is 0 Å². The first kappa shape index (κ1) is 9.57. The molecular weight excluding hydrogens is 170 g/mol. The highest BCUT2D eigenvalue weighted by molar-refractivity contribution is 5.59. The Labute approximate surface area is 86.4 Å². The zero-order valence-corrected chi connectivity index (χ0v) is 9.54. The lowest BCUT2D eigenvalue weighted by molar-refractivity contribution is 0.556. The van der Waals surface area contributed by atoms with Gasteiger partial charge in [-0.25, -0.2) is 0 Å². The average Bonchev–Trinajstić information content (AvgIpc) is 2.58. The second kappa shape index (κ2) is 3.30. The minimum absolute atomic E-state index is 0.568. The number of aromatic nitrogens is 1. The van der Waals surface area contributed by atoms with Crippen LogP contribution in [0.5, 0.6) is 0 Å². The summed E-state index contributed by atoms with van der Waals surface area (Å²) in [7, 11) is 0. The fourth-order valence-corrected chi connectivity index (χ4v) is 2.29. The SMILES string of the molecule is CC(C)c1cc2c(n1C(C)C)C=CC2. The van der Waals surface area contributed by atoms with Crippen molar-refractivity contribution in [1.82, 2.24) is 4.57 Å². The zero-order chi connectivity index (χ0) is 10.3. The van der Waals surface area contributed by atoms with E-state index < -0.39 is 0 Å². The van der Waals surface area contributed by atoms with E-state index in [1.54, 1.807) is 0 Å². The summed E-state index contributed by atoms with van der Waals surface area (Å²) in [6.45, 7) is 9.07. The molecule has 0 saturated heterocycles. The highest BCUT2D eigenvalue weighted by atomic mass is 15.0. The summed E-state index contributed by atoms with van der Waals surface area (Å²) in [5, 5.41) is 0. The Morgan fingerprint density at radius 2 is 1.93 bits per heavy atom. The summed E-state index contributed by atoms with van der Waals surface area (Å²) < 4.78 is 2.48. The van der Waals surface area contributed by atoms with E-state index in [0.717, 1.165) is 6.42 Å². The minimum Gasteiger partial charge on any atom is -0.342 e. The molecule has 2 rings (SSSR count). The van der Waals surface area contributed by atoms with Crippen LogP contribution in [-0.4, -0.2) is 4.57 Å². The standard InChI is InChI=1S/C13H19N/c1-9(2)13-8-11-6-5-7-12(11)14(13)10(3)4/h5,7-10H,6H2,1-4H3. The van der Waals surface area contributed by atoms with Gasteiger partial charge in [-0.3, -0.25) is 0 Å². The van der Waals surface area contributed by atoms with Crippen molar-refractivity contribution < 1.29 is 0 Å². The number of nitrogens with zero attached hydrogens (tertiary/aromatic N) is 1. The summed E-state index contributed by atoms with van der Waals surface area (Å²) in [4.78, 5) is 0. The molecule has 0 spiro atoms. The minimum atomic E-state index is 0.568. The van der Waals surface area contributed by atoms with Crippen LogP contribution < -0.4 is 0 Å². The van der Waals surface area contributed by atoms with Gasteiger partial charge in [-0.2, -0.15) is 0 Å². The zero-order valence-electron chi connectivity index (χ0n) is 9.54. The highest BCUT2D eigenvalue weighted by Gasteiger charge is 2.18. The van der Waals surface area contributed by atoms with Crippen LogP contribution in [0.4, 0.5) is 0 Å². The molecule has 0 radical (unpaired) electrons. The van der Waals surface area contributed by atoms with Crippen LogP contribution in [0.15, 0.2) is 12.1 Å². The molecule has 1 aliphatic rings.